The van der Waals surface area contributed by atoms with E-state index in [9.17, 15) is 0 Å². The normalized spacial score (nSPS) is 11.2. The van der Waals surface area contributed by atoms with Crippen molar-refractivity contribution in [3.63, 3.8) is 0 Å². The van der Waals surface area contributed by atoms with Gasteiger partial charge in [-0.1, -0.05) is 6.07 Å². The molecule has 0 aliphatic carbocycles. The highest BCUT2D eigenvalue weighted by Gasteiger charge is 2.03. The molecule has 0 amide bonds. The highest BCUT2D eigenvalue weighted by atomic mass is 127. The number of nitrogens with zero attached hydrogens (tertiary/aromatic N) is 2. The van der Waals surface area contributed by atoms with Crippen LogP contribution in [0.15, 0.2) is 51.5 Å². The van der Waals surface area contributed by atoms with Crippen LogP contribution in [-0.4, -0.2) is 24.0 Å². The molecule has 0 fully saturated rings. The van der Waals surface area contributed by atoms with Crippen LogP contribution in [0.3, 0.4) is 0 Å². The molecule has 0 aliphatic heterocycles. The van der Waals surface area contributed by atoms with Crippen molar-refractivity contribution in [1.29, 1.82) is 0 Å². The maximum Gasteiger partial charge on any atom is 0.191 e. The fourth-order valence-corrected chi connectivity index (χ4v) is 3.73. The largest absolute Gasteiger partial charge is 0.469 e. The fourth-order valence-electron chi connectivity index (χ4n) is 2.31. The number of nitrogens with one attached hydrogen (secondary N) is 2. The van der Waals surface area contributed by atoms with Crippen LogP contribution in [0, 0.1) is 6.92 Å². The molecule has 0 aliphatic rings. The third-order valence-corrected chi connectivity index (χ3v) is 5.36. The highest BCUT2D eigenvalue weighted by Crippen LogP contribution is 2.12. The number of aromatic nitrogens is 1. The maximum absolute atomic E-state index is 5.37. The number of thiophene rings is 1. The predicted molar refractivity (Wildman–Crippen MR) is 120 cm³/mol. The molecule has 3 aromatic rings. The number of aryl methyl sites for hydroxylation is 1. The Morgan fingerprint density at radius 3 is 2.69 bits per heavy atom. The van der Waals surface area contributed by atoms with Crippen molar-refractivity contribution in [3.05, 3.63) is 62.6 Å². The van der Waals surface area contributed by atoms with Gasteiger partial charge in [-0.05, 0) is 36.9 Å². The molecule has 0 radical (unpaired) electrons. The van der Waals surface area contributed by atoms with E-state index >= 15 is 0 Å². The zero-order valence-electron chi connectivity index (χ0n) is 14.6. The van der Waals surface area contributed by atoms with Gasteiger partial charge in [0.1, 0.15) is 10.8 Å². The van der Waals surface area contributed by atoms with Gasteiger partial charge in [0.25, 0.3) is 0 Å². The fraction of sp³-hybridized carbons (Fsp3) is 0.333. The Bertz CT molecular complexity index is 727. The first-order valence-corrected chi connectivity index (χ1v) is 9.97. The van der Waals surface area contributed by atoms with E-state index in [4.69, 9.17) is 4.42 Å². The van der Waals surface area contributed by atoms with Crippen molar-refractivity contribution < 1.29 is 4.42 Å². The molecule has 8 heteroatoms. The van der Waals surface area contributed by atoms with Gasteiger partial charge in [0.2, 0.25) is 0 Å². The summed E-state index contributed by atoms with van der Waals surface area (Å²) in [7, 11) is 0. The van der Waals surface area contributed by atoms with Crippen molar-refractivity contribution in [1.82, 2.24) is 15.6 Å². The second-order valence-electron chi connectivity index (χ2n) is 5.54. The minimum absolute atomic E-state index is 0. The Labute approximate surface area is 179 Å². The van der Waals surface area contributed by atoms with Crippen LogP contribution < -0.4 is 10.6 Å². The van der Waals surface area contributed by atoms with Crippen LogP contribution >= 0.6 is 46.7 Å². The minimum atomic E-state index is 0. The Kier molecular flexibility index (Phi) is 9.13. The van der Waals surface area contributed by atoms with Crippen molar-refractivity contribution in [3.8, 4) is 0 Å². The topological polar surface area (TPSA) is 62.5 Å². The molecule has 0 bridgehead atoms. The summed E-state index contributed by atoms with van der Waals surface area (Å²) in [6, 6.07) is 8.14. The number of halogens is 1. The summed E-state index contributed by atoms with van der Waals surface area (Å²) in [6.45, 7) is 4.28. The summed E-state index contributed by atoms with van der Waals surface area (Å²) in [5.41, 5.74) is 0. The van der Waals surface area contributed by atoms with Crippen LogP contribution in [0.2, 0.25) is 0 Å². The lowest BCUT2D eigenvalue weighted by molar-refractivity contribution is 0.506. The van der Waals surface area contributed by atoms with Crippen LogP contribution in [0.5, 0.6) is 0 Å². The zero-order chi connectivity index (χ0) is 17.3. The van der Waals surface area contributed by atoms with E-state index in [1.807, 2.05) is 18.3 Å². The van der Waals surface area contributed by atoms with Crippen molar-refractivity contribution in [2.45, 2.75) is 26.3 Å². The summed E-state index contributed by atoms with van der Waals surface area (Å²) < 4.78 is 5.37. The molecule has 0 spiro atoms. The summed E-state index contributed by atoms with van der Waals surface area (Å²) in [4.78, 5) is 11.6. The molecule has 2 N–H and O–H groups in total. The van der Waals surface area contributed by atoms with E-state index in [-0.39, 0.29) is 24.0 Å². The smallest absolute Gasteiger partial charge is 0.191 e. The zero-order valence-corrected chi connectivity index (χ0v) is 18.6. The van der Waals surface area contributed by atoms with Gasteiger partial charge >= 0.3 is 0 Å². The second kappa shape index (κ2) is 11.3. The Hall–Kier alpha value is -1.39. The number of hydrogen-bond donors (Lipinski definition) is 2. The van der Waals surface area contributed by atoms with Crippen LogP contribution in [0.4, 0.5) is 0 Å². The van der Waals surface area contributed by atoms with Gasteiger partial charge in [-0.25, -0.2) is 9.98 Å². The summed E-state index contributed by atoms with van der Waals surface area (Å²) in [5.74, 6) is 1.79. The van der Waals surface area contributed by atoms with Crippen molar-refractivity contribution in [2.24, 2.45) is 4.99 Å². The molecule has 0 aromatic carbocycles. The van der Waals surface area contributed by atoms with Gasteiger partial charge in [-0.2, -0.15) is 0 Å². The van der Waals surface area contributed by atoms with Crippen molar-refractivity contribution in [2.75, 3.05) is 13.1 Å². The van der Waals surface area contributed by atoms with Crippen LogP contribution in [0.1, 0.15) is 20.5 Å². The third-order valence-electron chi connectivity index (χ3n) is 3.53. The first kappa shape index (κ1) is 20.9. The molecule has 26 heavy (non-hydrogen) atoms. The first-order valence-electron chi connectivity index (χ1n) is 8.28. The standard InChI is InChI=1S/C18H22N4OS2.HI/c1-14-12-21-17(25-14)13-22-18(19-8-6-15-4-2-10-23-15)20-9-7-16-5-3-11-24-16;/h2-5,10-12H,6-9,13H2,1H3,(H2,19,20,22);1H. The van der Waals surface area contributed by atoms with Gasteiger partial charge in [0, 0.05) is 35.5 Å². The lowest BCUT2D eigenvalue weighted by Crippen LogP contribution is -2.39. The molecule has 3 aromatic heterocycles. The molecule has 5 nitrogen and oxygen atoms in total. The Morgan fingerprint density at radius 1 is 1.19 bits per heavy atom. The number of furan rings is 1. The van der Waals surface area contributed by atoms with Gasteiger partial charge in [-0.15, -0.1) is 46.7 Å². The van der Waals surface area contributed by atoms with E-state index in [0.29, 0.717) is 6.54 Å². The van der Waals surface area contributed by atoms with E-state index < -0.39 is 0 Å². The van der Waals surface area contributed by atoms with E-state index in [1.54, 1.807) is 28.9 Å². The molecule has 0 saturated carbocycles. The maximum atomic E-state index is 5.37. The van der Waals surface area contributed by atoms with Gasteiger partial charge < -0.3 is 15.1 Å². The molecule has 140 valence electrons. The molecule has 0 unspecified atom stereocenters. The number of rotatable bonds is 8. The molecular formula is C18H23IN4OS2. The Balaban J connectivity index is 0.00000243. The minimum Gasteiger partial charge on any atom is -0.469 e. The van der Waals surface area contributed by atoms with Crippen LogP contribution in [0.25, 0.3) is 0 Å². The summed E-state index contributed by atoms with van der Waals surface area (Å²) in [5, 5.41) is 9.92. The Morgan fingerprint density at radius 2 is 2.04 bits per heavy atom. The monoisotopic (exact) mass is 502 g/mol. The third kappa shape index (κ3) is 7.08. The summed E-state index contributed by atoms with van der Waals surface area (Å²) >= 11 is 3.47. The lowest BCUT2D eigenvalue weighted by atomic mass is 10.3. The van der Waals surface area contributed by atoms with Gasteiger partial charge in [-0.3, -0.25) is 0 Å². The lowest BCUT2D eigenvalue weighted by Gasteiger charge is -2.11. The SMILES string of the molecule is Cc1cnc(CN=C(NCCc2ccco2)NCCc2cccs2)s1.I. The molecule has 0 atom stereocenters. The first-order chi connectivity index (χ1) is 12.3. The van der Waals surface area contributed by atoms with E-state index in [0.717, 1.165) is 42.7 Å². The average molecular weight is 502 g/mol. The molecule has 3 rings (SSSR count). The highest BCUT2D eigenvalue weighted by molar-refractivity contribution is 14.0. The summed E-state index contributed by atoms with van der Waals surface area (Å²) in [6.07, 6.45) is 5.42. The second-order valence-corrected chi connectivity index (χ2v) is 7.89. The average Bonchev–Trinajstić information content (AvgIpc) is 3.35. The quantitative estimate of drug-likeness (QED) is 0.275. The molecule has 3 heterocycles. The van der Waals surface area contributed by atoms with E-state index in [1.165, 1.54) is 9.75 Å². The van der Waals surface area contributed by atoms with Crippen LogP contribution in [-0.2, 0) is 19.4 Å². The van der Waals surface area contributed by atoms with Crippen molar-refractivity contribution >= 4 is 52.6 Å². The number of guanidine groups is 1. The molecular weight excluding hydrogens is 479 g/mol. The van der Waals surface area contributed by atoms with E-state index in [2.05, 4.69) is 45.0 Å². The number of hydrogen-bond acceptors (Lipinski definition) is 5. The predicted octanol–water partition coefficient (Wildman–Crippen LogP) is 4.24. The number of thiazole rings is 1. The molecule has 0 saturated heterocycles. The number of aliphatic imine (C=N–C) groups is 1. The van der Waals surface area contributed by atoms with Gasteiger partial charge in [0.15, 0.2) is 5.96 Å². The van der Waals surface area contributed by atoms with Gasteiger partial charge in [0.05, 0.1) is 12.8 Å².